The van der Waals surface area contributed by atoms with Gasteiger partial charge in [-0.05, 0) is 58.7 Å². The van der Waals surface area contributed by atoms with Gasteiger partial charge in [-0.1, -0.05) is 30.5 Å². The lowest BCUT2D eigenvalue weighted by molar-refractivity contribution is -0.127. The Balaban J connectivity index is 1.89. The van der Waals surface area contributed by atoms with Crippen molar-refractivity contribution >= 4 is 17.5 Å². The van der Waals surface area contributed by atoms with Crippen LogP contribution in [0.4, 0.5) is 5.69 Å². The Bertz CT molecular complexity index is 613. The number of nitrogens with one attached hydrogen (secondary N) is 2. The Morgan fingerprint density at radius 1 is 1.16 bits per heavy atom. The van der Waals surface area contributed by atoms with Gasteiger partial charge in [0.1, 0.15) is 0 Å². The molecule has 1 aromatic rings. The van der Waals surface area contributed by atoms with Crippen LogP contribution in [0.5, 0.6) is 0 Å². The largest absolute Gasteiger partial charge is 0.352 e. The van der Waals surface area contributed by atoms with Crippen LogP contribution in [0, 0.1) is 20.8 Å². The molecule has 1 saturated carbocycles. The van der Waals surface area contributed by atoms with Crippen molar-refractivity contribution in [2.45, 2.75) is 65.5 Å². The zero-order chi connectivity index (χ0) is 18.6. The molecule has 5 heteroatoms. The quantitative estimate of drug-likeness (QED) is 0.833. The molecular weight excluding hydrogens is 314 g/mol. The fourth-order valence-electron chi connectivity index (χ4n) is 3.51. The summed E-state index contributed by atoms with van der Waals surface area (Å²) in [6.07, 6.45) is 4.50. The molecule has 1 aliphatic rings. The lowest BCUT2D eigenvalue weighted by atomic mass is 10.1. The molecule has 1 fully saturated rings. The van der Waals surface area contributed by atoms with Crippen molar-refractivity contribution < 1.29 is 9.59 Å². The summed E-state index contributed by atoms with van der Waals surface area (Å²) in [6, 6.07) is 4.09. The number of hydrogen-bond acceptors (Lipinski definition) is 3. The SMILES string of the molecule is Cc1cc(C)c(NC(=O)CN(C)[C@H](C)C(=O)NC2CCCC2)c(C)c1. The highest BCUT2D eigenvalue weighted by Crippen LogP contribution is 2.22. The van der Waals surface area contributed by atoms with E-state index < -0.39 is 0 Å². The Morgan fingerprint density at radius 3 is 2.28 bits per heavy atom. The highest BCUT2D eigenvalue weighted by molar-refractivity contribution is 5.94. The maximum absolute atomic E-state index is 12.4. The first-order valence-corrected chi connectivity index (χ1v) is 9.16. The Morgan fingerprint density at radius 2 is 1.72 bits per heavy atom. The van der Waals surface area contributed by atoms with E-state index in [-0.39, 0.29) is 24.4 Å². The van der Waals surface area contributed by atoms with E-state index in [1.165, 1.54) is 18.4 Å². The van der Waals surface area contributed by atoms with Crippen LogP contribution >= 0.6 is 0 Å². The van der Waals surface area contributed by atoms with Gasteiger partial charge >= 0.3 is 0 Å². The lowest BCUT2D eigenvalue weighted by Crippen LogP contribution is -2.48. The van der Waals surface area contributed by atoms with Crippen molar-refractivity contribution in [2.75, 3.05) is 18.9 Å². The van der Waals surface area contributed by atoms with E-state index in [1.807, 2.05) is 34.7 Å². The molecule has 0 aliphatic heterocycles. The van der Waals surface area contributed by atoms with E-state index in [2.05, 4.69) is 22.8 Å². The average Bonchev–Trinajstić information content (AvgIpc) is 3.02. The van der Waals surface area contributed by atoms with Gasteiger partial charge in [0.25, 0.3) is 0 Å². The summed E-state index contributed by atoms with van der Waals surface area (Å²) >= 11 is 0. The second kappa shape index (κ2) is 8.48. The van der Waals surface area contributed by atoms with E-state index in [1.54, 1.807) is 4.90 Å². The van der Waals surface area contributed by atoms with Gasteiger partial charge in [-0.3, -0.25) is 14.5 Å². The predicted octanol–water partition coefficient (Wildman–Crippen LogP) is 2.93. The highest BCUT2D eigenvalue weighted by atomic mass is 16.2. The molecule has 2 rings (SSSR count). The maximum atomic E-state index is 12.4. The fraction of sp³-hybridized carbons (Fsp3) is 0.600. The molecule has 1 atom stereocenters. The van der Waals surface area contributed by atoms with Crippen molar-refractivity contribution in [3.05, 3.63) is 28.8 Å². The third kappa shape index (κ3) is 5.30. The van der Waals surface area contributed by atoms with E-state index in [0.717, 1.165) is 29.7 Å². The summed E-state index contributed by atoms with van der Waals surface area (Å²) in [7, 11) is 1.81. The predicted molar refractivity (Wildman–Crippen MR) is 102 cm³/mol. The maximum Gasteiger partial charge on any atom is 0.238 e. The molecule has 138 valence electrons. The van der Waals surface area contributed by atoms with Crippen LogP contribution in [0.25, 0.3) is 0 Å². The van der Waals surface area contributed by atoms with Gasteiger partial charge < -0.3 is 10.6 Å². The van der Waals surface area contributed by atoms with Crippen LogP contribution in [0.1, 0.15) is 49.3 Å². The lowest BCUT2D eigenvalue weighted by Gasteiger charge is -2.25. The second-order valence-electron chi connectivity index (χ2n) is 7.40. The number of amides is 2. The molecule has 0 unspecified atom stereocenters. The number of aryl methyl sites for hydroxylation is 3. The van der Waals surface area contributed by atoms with E-state index in [0.29, 0.717) is 6.04 Å². The van der Waals surface area contributed by atoms with Crippen molar-refractivity contribution in [1.29, 1.82) is 0 Å². The number of anilines is 1. The van der Waals surface area contributed by atoms with E-state index in [4.69, 9.17) is 0 Å². The standard InChI is InChI=1S/C20H31N3O2/c1-13-10-14(2)19(15(3)11-13)22-18(24)12-23(5)16(4)20(25)21-17-8-6-7-9-17/h10-11,16-17H,6-9,12H2,1-5H3,(H,21,25)(H,22,24)/t16-/m1/s1. The van der Waals surface area contributed by atoms with Crippen LogP contribution in [0.15, 0.2) is 12.1 Å². The number of carbonyl (C=O) groups is 2. The van der Waals surface area contributed by atoms with E-state index >= 15 is 0 Å². The molecule has 5 nitrogen and oxygen atoms in total. The molecule has 0 radical (unpaired) electrons. The zero-order valence-corrected chi connectivity index (χ0v) is 16.1. The summed E-state index contributed by atoms with van der Waals surface area (Å²) in [6.45, 7) is 8.07. The van der Waals surface area contributed by atoms with Crippen LogP contribution in [-0.2, 0) is 9.59 Å². The van der Waals surface area contributed by atoms with Gasteiger partial charge in [0.15, 0.2) is 0 Å². The van der Waals surface area contributed by atoms with Crippen LogP contribution in [0.2, 0.25) is 0 Å². The molecule has 0 heterocycles. The fourth-order valence-corrected chi connectivity index (χ4v) is 3.51. The van der Waals surface area contributed by atoms with Crippen LogP contribution in [-0.4, -0.2) is 42.4 Å². The molecule has 2 N–H and O–H groups in total. The normalized spacial score (nSPS) is 16.1. The van der Waals surface area contributed by atoms with Crippen molar-refractivity contribution in [1.82, 2.24) is 10.2 Å². The Hall–Kier alpha value is -1.88. The van der Waals surface area contributed by atoms with Gasteiger partial charge in [-0.15, -0.1) is 0 Å². The van der Waals surface area contributed by atoms with E-state index in [9.17, 15) is 9.59 Å². The monoisotopic (exact) mass is 345 g/mol. The third-order valence-electron chi connectivity index (χ3n) is 5.08. The topological polar surface area (TPSA) is 61.4 Å². The molecule has 1 aliphatic carbocycles. The number of benzene rings is 1. The summed E-state index contributed by atoms with van der Waals surface area (Å²) in [5.74, 6) is -0.0945. The first-order chi connectivity index (χ1) is 11.8. The minimum Gasteiger partial charge on any atom is -0.352 e. The first-order valence-electron chi connectivity index (χ1n) is 9.16. The second-order valence-corrected chi connectivity index (χ2v) is 7.40. The summed E-state index contributed by atoms with van der Waals surface area (Å²) < 4.78 is 0. The van der Waals surface area contributed by atoms with Gasteiger partial charge in [-0.2, -0.15) is 0 Å². The summed E-state index contributed by atoms with van der Waals surface area (Å²) in [4.78, 5) is 26.5. The van der Waals surface area contributed by atoms with Gasteiger partial charge in [0.2, 0.25) is 11.8 Å². The minimum atomic E-state index is -0.327. The molecule has 0 saturated heterocycles. The van der Waals surface area contributed by atoms with Crippen molar-refractivity contribution in [3.63, 3.8) is 0 Å². The molecule has 0 aromatic heterocycles. The van der Waals surface area contributed by atoms with Crippen LogP contribution < -0.4 is 10.6 Å². The summed E-state index contributed by atoms with van der Waals surface area (Å²) in [5.41, 5.74) is 4.16. The molecular formula is C20H31N3O2. The number of nitrogens with zero attached hydrogens (tertiary/aromatic N) is 1. The third-order valence-corrected chi connectivity index (χ3v) is 5.08. The number of hydrogen-bond donors (Lipinski definition) is 2. The van der Waals surface area contributed by atoms with Gasteiger partial charge in [0.05, 0.1) is 12.6 Å². The first kappa shape index (κ1) is 19.4. The smallest absolute Gasteiger partial charge is 0.238 e. The Kier molecular flexibility index (Phi) is 6.59. The molecule has 1 aromatic carbocycles. The van der Waals surface area contributed by atoms with Crippen molar-refractivity contribution in [3.8, 4) is 0 Å². The zero-order valence-electron chi connectivity index (χ0n) is 16.1. The Labute approximate surface area is 151 Å². The summed E-state index contributed by atoms with van der Waals surface area (Å²) in [5, 5.41) is 6.09. The van der Waals surface area contributed by atoms with Gasteiger partial charge in [0, 0.05) is 11.7 Å². The van der Waals surface area contributed by atoms with Crippen molar-refractivity contribution in [2.24, 2.45) is 0 Å². The number of likely N-dealkylation sites (N-methyl/N-ethyl adjacent to an activating group) is 1. The van der Waals surface area contributed by atoms with Crippen LogP contribution in [0.3, 0.4) is 0 Å². The van der Waals surface area contributed by atoms with Gasteiger partial charge in [-0.25, -0.2) is 0 Å². The molecule has 0 spiro atoms. The highest BCUT2D eigenvalue weighted by Gasteiger charge is 2.24. The molecule has 2 amide bonds. The molecule has 0 bridgehead atoms. The number of rotatable bonds is 6. The number of carbonyl (C=O) groups excluding carboxylic acids is 2. The average molecular weight is 345 g/mol. The molecule has 25 heavy (non-hydrogen) atoms. The minimum absolute atomic E-state index is 0.00453.